The van der Waals surface area contributed by atoms with Crippen LogP contribution in [0.15, 0.2) is 47.3 Å². The first kappa shape index (κ1) is 17.4. The Kier molecular flexibility index (Phi) is 4.49. The molecule has 4 rings (SSSR count). The van der Waals surface area contributed by atoms with Crippen molar-refractivity contribution in [2.24, 2.45) is 0 Å². The van der Waals surface area contributed by atoms with E-state index in [2.05, 4.69) is 4.98 Å². The molecule has 0 N–H and O–H groups in total. The molecule has 2 heterocycles. The molecule has 1 aliphatic heterocycles. The molecule has 0 fully saturated rings. The summed E-state index contributed by atoms with van der Waals surface area (Å²) >= 11 is 5.98. The van der Waals surface area contributed by atoms with Gasteiger partial charge in [0.25, 0.3) is 5.56 Å². The van der Waals surface area contributed by atoms with E-state index >= 15 is 0 Å². The second-order valence-electron chi connectivity index (χ2n) is 6.30. The molecule has 27 heavy (non-hydrogen) atoms. The topological polar surface area (TPSA) is 78.3 Å². The number of carbonyl (C=O) groups is 2. The Morgan fingerprint density at radius 2 is 2.00 bits per heavy atom. The molecule has 0 atom stereocenters. The van der Waals surface area contributed by atoms with Crippen LogP contribution in [0.3, 0.4) is 0 Å². The van der Waals surface area contributed by atoms with Gasteiger partial charge in [0, 0.05) is 18.5 Å². The zero-order valence-electron chi connectivity index (χ0n) is 14.3. The fourth-order valence-corrected chi connectivity index (χ4v) is 3.43. The molecular formula is C20H15ClN2O4. The number of hydrogen-bond donors (Lipinski definition) is 0. The average molecular weight is 383 g/mol. The van der Waals surface area contributed by atoms with Gasteiger partial charge in [-0.3, -0.25) is 14.2 Å². The number of Topliss-reactive ketones (excluding diaryl/α,β-unsaturated/α-hetero) is 1. The third-order valence-corrected chi connectivity index (χ3v) is 4.89. The average Bonchev–Trinajstić information content (AvgIpc) is 3.14. The van der Waals surface area contributed by atoms with E-state index in [1.165, 1.54) is 12.1 Å². The quantitative estimate of drug-likeness (QED) is 0.512. The maximum Gasteiger partial charge on any atom is 0.338 e. The number of ether oxygens (including phenoxy) is 1. The van der Waals surface area contributed by atoms with E-state index in [1.807, 2.05) is 0 Å². The minimum absolute atomic E-state index is 0.0960. The normalized spacial score (nSPS) is 12.8. The number of rotatable bonds is 4. The van der Waals surface area contributed by atoms with Gasteiger partial charge in [0.05, 0.1) is 21.5 Å². The molecule has 7 heteroatoms. The third kappa shape index (κ3) is 3.24. The lowest BCUT2D eigenvalue weighted by Gasteiger charge is -2.08. The molecule has 0 spiro atoms. The van der Waals surface area contributed by atoms with Crippen LogP contribution in [-0.4, -0.2) is 27.9 Å². The van der Waals surface area contributed by atoms with Crippen molar-refractivity contribution in [3.63, 3.8) is 0 Å². The van der Waals surface area contributed by atoms with E-state index in [4.69, 9.17) is 16.3 Å². The van der Waals surface area contributed by atoms with E-state index in [1.54, 1.807) is 34.9 Å². The lowest BCUT2D eigenvalue weighted by Crippen LogP contribution is -2.21. The number of ketones is 1. The van der Waals surface area contributed by atoms with Crippen LogP contribution in [-0.2, 0) is 17.7 Å². The van der Waals surface area contributed by atoms with Crippen molar-refractivity contribution in [3.05, 3.63) is 74.8 Å². The maximum absolute atomic E-state index is 12.5. The van der Waals surface area contributed by atoms with Crippen molar-refractivity contribution in [2.75, 3.05) is 6.61 Å². The Bertz CT molecular complexity index is 1140. The summed E-state index contributed by atoms with van der Waals surface area (Å²) in [6.07, 6.45) is 1.63. The van der Waals surface area contributed by atoms with E-state index in [0.717, 1.165) is 18.7 Å². The first-order valence-corrected chi connectivity index (χ1v) is 8.91. The molecule has 2 aromatic carbocycles. The van der Waals surface area contributed by atoms with Gasteiger partial charge in [-0.1, -0.05) is 23.7 Å². The van der Waals surface area contributed by atoms with E-state index in [0.29, 0.717) is 28.0 Å². The van der Waals surface area contributed by atoms with Crippen LogP contribution in [0.2, 0.25) is 5.02 Å². The van der Waals surface area contributed by atoms with E-state index in [-0.39, 0.29) is 16.9 Å². The van der Waals surface area contributed by atoms with Crippen molar-refractivity contribution in [1.29, 1.82) is 0 Å². The standard InChI is InChI=1S/C20H15ClN2O4/c21-15-5-2-1-4-13(15)17(24)11-27-20(26)12-7-8-14-16(10-12)22-18-6-3-9-23(18)19(14)25/h1-2,4-5,7-8,10H,3,6,9,11H2. The zero-order valence-corrected chi connectivity index (χ0v) is 15.0. The summed E-state index contributed by atoms with van der Waals surface area (Å²) in [4.78, 5) is 41.4. The predicted molar refractivity (Wildman–Crippen MR) is 100 cm³/mol. The van der Waals surface area contributed by atoms with Gasteiger partial charge in [0.2, 0.25) is 5.78 Å². The second kappa shape index (κ2) is 6.96. The summed E-state index contributed by atoms with van der Waals surface area (Å²) in [5, 5.41) is 0.770. The summed E-state index contributed by atoms with van der Waals surface area (Å²) < 4.78 is 6.78. The smallest absolute Gasteiger partial charge is 0.338 e. The van der Waals surface area contributed by atoms with Crippen molar-refractivity contribution in [1.82, 2.24) is 9.55 Å². The van der Waals surface area contributed by atoms with Gasteiger partial charge in [0.15, 0.2) is 6.61 Å². The number of hydrogen-bond acceptors (Lipinski definition) is 5. The number of esters is 1. The SMILES string of the molecule is O=C(OCC(=O)c1ccccc1Cl)c1ccc2c(=O)n3c(nc2c1)CCC3. The van der Waals surface area contributed by atoms with Crippen molar-refractivity contribution in [3.8, 4) is 0 Å². The van der Waals surface area contributed by atoms with E-state index in [9.17, 15) is 14.4 Å². The lowest BCUT2D eigenvalue weighted by molar-refractivity contribution is 0.0475. The Labute approximate surface area is 159 Å². The predicted octanol–water partition coefficient (Wildman–Crippen LogP) is 3.04. The number of carbonyl (C=O) groups excluding carboxylic acids is 2. The van der Waals surface area contributed by atoms with Crippen molar-refractivity contribution < 1.29 is 14.3 Å². The molecule has 0 bridgehead atoms. The first-order chi connectivity index (χ1) is 13.0. The highest BCUT2D eigenvalue weighted by Crippen LogP contribution is 2.18. The van der Waals surface area contributed by atoms with Crippen LogP contribution in [0, 0.1) is 0 Å². The first-order valence-electron chi connectivity index (χ1n) is 8.53. The maximum atomic E-state index is 12.5. The van der Waals surface area contributed by atoms with Crippen LogP contribution < -0.4 is 5.56 Å². The summed E-state index contributed by atoms with van der Waals surface area (Å²) in [5.41, 5.74) is 0.904. The van der Waals surface area contributed by atoms with Crippen molar-refractivity contribution in [2.45, 2.75) is 19.4 Å². The van der Waals surface area contributed by atoms with Crippen LogP contribution in [0.25, 0.3) is 10.9 Å². The van der Waals surface area contributed by atoms with Gasteiger partial charge in [0.1, 0.15) is 5.82 Å². The van der Waals surface area contributed by atoms with Gasteiger partial charge in [-0.2, -0.15) is 0 Å². The van der Waals surface area contributed by atoms with E-state index < -0.39 is 12.6 Å². The molecule has 0 radical (unpaired) electrons. The summed E-state index contributed by atoms with van der Waals surface area (Å²) in [7, 11) is 0. The lowest BCUT2D eigenvalue weighted by atomic mass is 10.1. The summed E-state index contributed by atoms with van der Waals surface area (Å²) in [6, 6.07) is 11.2. The molecule has 3 aromatic rings. The fourth-order valence-electron chi connectivity index (χ4n) is 3.19. The Morgan fingerprint density at radius 1 is 1.19 bits per heavy atom. The fraction of sp³-hybridized carbons (Fsp3) is 0.200. The second-order valence-corrected chi connectivity index (χ2v) is 6.71. The van der Waals surface area contributed by atoms with Gasteiger partial charge < -0.3 is 4.74 Å². The number of fused-ring (bicyclic) bond motifs is 2. The highest BCUT2D eigenvalue weighted by molar-refractivity contribution is 6.34. The molecule has 0 saturated carbocycles. The number of benzene rings is 2. The molecule has 1 aromatic heterocycles. The summed E-state index contributed by atoms with van der Waals surface area (Å²) in [6.45, 7) is 0.256. The largest absolute Gasteiger partial charge is 0.454 e. The highest BCUT2D eigenvalue weighted by Gasteiger charge is 2.18. The molecular weight excluding hydrogens is 368 g/mol. The van der Waals surface area contributed by atoms with Crippen molar-refractivity contribution >= 4 is 34.3 Å². The minimum atomic E-state index is -0.653. The zero-order chi connectivity index (χ0) is 19.0. The summed E-state index contributed by atoms with van der Waals surface area (Å²) in [5.74, 6) is -0.310. The molecule has 136 valence electrons. The number of aromatic nitrogens is 2. The Morgan fingerprint density at radius 3 is 2.81 bits per heavy atom. The molecule has 0 saturated heterocycles. The minimum Gasteiger partial charge on any atom is -0.454 e. The molecule has 6 nitrogen and oxygen atoms in total. The van der Waals surface area contributed by atoms with Crippen LogP contribution in [0.1, 0.15) is 33.0 Å². The number of nitrogens with zero attached hydrogens (tertiary/aromatic N) is 2. The molecule has 0 unspecified atom stereocenters. The highest BCUT2D eigenvalue weighted by atomic mass is 35.5. The number of halogens is 1. The Balaban J connectivity index is 1.55. The van der Waals surface area contributed by atoms with Gasteiger partial charge in [-0.25, -0.2) is 9.78 Å². The Hall–Kier alpha value is -2.99. The molecule has 0 aliphatic carbocycles. The molecule has 0 amide bonds. The van der Waals surface area contributed by atoms with Gasteiger partial charge in [-0.05, 0) is 36.8 Å². The van der Waals surface area contributed by atoms with Crippen LogP contribution in [0.4, 0.5) is 0 Å². The third-order valence-electron chi connectivity index (χ3n) is 4.56. The monoisotopic (exact) mass is 382 g/mol. The number of aryl methyl sites for hydroxylation is 1. The van der Waals surface area contributed by atoms with Crippen LogP contribution in [0.5, 0.6) is 0 Å². The van der Waals surface area contributed by atoms with Crippen LogP contribution >= 0.6 is 11.6 Å². The molecule has 1 aliphatic rings. The van der Waals surface area contributed by atoms with Gasteiger partial charge in [-0.15, -0.1) is 0 Å². The van der Waals surface area contributed by atoms with Gasteiger partial charge >= 0.3 is 5.97 Å².